The van der Waals surface area contributed by atoms with Crippen molar-refractivity contribution in [1.29, 1.82) is 0 Å². The summed E-state index contributed by atoms with van der Waals surface area (Å²) in [5.74, 6) is 0.395. The molecule has 0 bridgehead atoms. The van der Waals surface area contributed by atoms with Crippen LogP contribution in [0.1, 0.15) is 57.6 Å². The van der Waals surface area contributed by atoms with Gasteiger partial charge >= 0.3 is 5.97 Å². The Balaban J connectivity index is 0.00000100. The molecule has 0 saturated carbocycles. The van der Waals surface area contributed by atoms with Crippen molar-refractivity contribution in [3.63, 3.8) is 0 Å². The number of benzene rings is 1. The first kappa shape index (κ1) is 18.8. The Morgan fingerprint density at radius 3 is 2.79 bits per heavy atom. The number of likely N-dealkylation sites (N-methyl/N-ethyl adjacent to an activating group) is 1. The van der Waals surface area contributed by atoms with Crippen molar-refractivity contribution in [3.8, 4) is 0 Å². The number of ether oxygens (including phenoxy) is 1. The minimum atomic E-state index is -0.175. The molecular weight excluding hydrogens is 300 g/mol. The number of esters is 1. The van der Waals surface area contributed by atoms with Crippen molar-refractivity contribution < 1.29 is 9.53 Å². The molecule has 2 heterocycles. The van der Waals surface area contributed by atoms with E-state index in [4.69, 9.17) is 4.74 Å². The van der Waals surface area contributed by atoms with Gasteiger partial charge < -0.3 is 15.0 Å². The van der Waals surface area contributed by atoms with E-state index in [0.29, 0.717) is 12.0 Å². The summed E-state index contributed by atoms with van der Waals surface area (Å²) in [5.41, 5.74) is 4.27. The van der Waals surface area contributed by atoms with E-state index in [1.165, 1.54) is 23.7 Å². The molecule has 134 valence electrons. The number of nitrogens with one attached hydrogen (secondary N) is 1. The van der Waals surface area contributed by atoms with Crippen LogP contribution in [0.4, 0.5) is 5.69 Å². The molecule has 0 amide bonds. The summed E-state index contributed by atoms with van der Waals surface area (Å²) in [7, 11) is 2.17. The maximum Gasteiger partial charge on any atom is 0.302 e. The number of carbonyl (C=O) groups excluding carboxylic acids is 1. The summed E-state index contributed by atoms with van der Waals surface area (Å²) in [6.45, 7) is 9.56. The number of fused-ring (bicyclic) bond motifs is 1. The first-order valence-electron chi connectivity index (χ1n) is 9.31. The van der Waals surface area contributed by atoms with Crippen LogP contribution in [0.5, 0.6) is 0 Å². The van der Waals surface area contributed by atoms with E-state index in [1.54, 1.807) is 0 Å². The minimum absolute atomic E-state index is 0.0445. The standard InChI is InChI=1S/C18H26N2O2.C2H6/c1-4-13-5-6-18-17(7-13)14(11-20(18)3)8-15-9-16(10-19-15)22-12(2)21;1-2/h5-7,14-16,19H,4,8-11H2,1-3H3;1-2H3. The first-order chi connectivity index (χ1) is 11.6. The fraction of sp³-hybridized carbons (Fsp3) is 0.650. The van der Waals surface area contributed by atoms with Crippen LogP contribution in [-0.4, -0.2) is 38.3 Å². The summed E-state index contributed by atoms with van der Waals surface area (Å²) in [4.78, 5) is 13.4. The van der Waals surface area contributed by atoms with Crippen LogP contribution in [0.25, 0.3) is 0 Å². The van der Waals surface area contributed by atoms with Crippen LogP contribution in [-0.2, 0) is 16.0 Å². The van der Waals surface area contributed by atoms with E-state index < -0.39 is 0 Å². The second kappa shape index (κ2) is 8.52. The second-order valence-electron chi connectivity index (χ2n) is 6.63. The van der Waals surface area contributed by atoms with Crippen molar-refractivity contribution in [1.82, 2.24) is 5.32 Å². The molecule has 1 N–H and O–H groups in total. The fourth-order valence-corrected chi connectivity index (χ4v) is 3.86. The van der Waals surface area contributed by atoms with Gasteiger partial charge in [-0.1, -0.05) is 32.9 Å². The zero-order chi connectivity index (χ0) is 17.7. The molecule has 1 fully saturated rings. The Bertz CT molecular complexity index is 559. The lowest BCUT2D eigenvalue weighted by Crippen LogP contribution is -2.25. The average Bonchev–Trinajstić information content (AvgIpc) is 3.13. The molecule has 4 heteroatoms. The molecule has 2 aliphatic heterocycles. The van der Waals surface area contributed by atoms with E-state index in [9.17, 15) is 4.79 Å². The maximum absolute atomic E-state index is 11.1. The van der Waals surface area contributed by atoms with Crippen molar-refractivity contribution in [2.75, 3.05) is 25.0 Å². The Morgan fingerprint density at radius 1 is 1.38 bits per heavy atom. The minimum Gasteiger partial charge on any atom is -0.461 e. The van der Waals surface area contributed by atoms with E-state index in [2.05, 4.69) is 42.4 Å². The highest BCUT2D eigenvalue weighted by Gasteiger charge is 2.33. The summed E-state index contributed by atoms with van der Waals surface area (Å²) in [5, 5.41) is 3.52. The SMILES string of the molecule is CC.CCc1ccc2c(c1)C(CC1CC(OC(C)=O)CN1)CN2C. The van der Waals surface area contributed by atoms with E-state index >= 15 is 0 Å². The zero-order valence-corrected chi connectivity index (χ0v) is 15.8. The van der Waals surface area contributed by atoms with Crippen molar-refractivity contribution in [2.45, 2.75) is 65.0 Å². The Hall–Kier alpha value is -1.55. The van der Waals surface area contributed by atoms with Gasteiger partial charge in [-0.05, 0) is 30.0 Å². The van der Waals surface area contributed by atoms with Gasteiger partial charge in [-0.15, -0.1) is 0 Å². The molecule has 24 heavy (non-hydrogen) atoms. The Labute approximate surface area is 146 Å². The summed E-state index contributed by atoms with van der Waals surface area (Å²) < 4.78 is 5.32. The van der Waals surface area contributed by atoms with E-state index in [1.807, 2.05) is 13.8 Å². The lowest BCUT2D eigenvalue weighted by Gasteiger charge is -2.17. The van der Waals surface area contributed by atoms with Gasteiger partial charge in [0.1, 0.15) is 6.10 Å². The number of nitrogens with zero attached hydrogens (tertiary/aromatic N) is 1. The van der Waals surface area contributed by atoms with Crippen LogP contribution < -0.4 is 10.2 Å². The van der Waals surface area contributed by atoms with Gasteiger partial charge in [-0.2, -0.15) is 0 Å². The average molecular weight is 332 g/mol. The normalized spacial score (nSPS) is 25.0. The van der Waals surface area contributed by atoms with Gasteiger partial charge in [-0.3, -0.25) is 4.79 Å². The lowest BCUT2D eigenvalue weighted by molar-refractivity contribution is -0.145. The molecule has 3 unspecified atom stereocenters. The monoisotopic (exact) mass is 332 g/mol. The molecule has 0 spiro atoms. The number of rotatable bonds is 4. The smallest absolute Gasteiger partial charge is 0.302 e. The molecule has 1 saturated heterocycles. The summed E-state index contributed by atoms with van der Waals surface area (Å²) in [6, 6.07) is 7.32. The van der Waals surface area contributed by atoms with Crippen molar-refractivity contribution in [3.05, 3.63) is 29.3 Å². The quantitative estimate of drug-likeness (QED) is 0.857. The van der Waals surface area contributed by atoms with Crippen LogP contribution >= 0.6 is 0 Å². The summed E-state index contributed by atoms with van der Waals surface area (Å²) in [6.07, 6.45) is 3.17. The number of hydrogen-bond donors (Lipinski definition) is 1. The molecule has 1 aromatic carbocycles. The number of carbonyl (C=O) groups is 1. The third-order valence-electron chi connectivity index (χ3n) is 4.93. The predicted molar refractivity (Wildman–Crippen MR) is 99.8 cm³/mol. The third-order valence-corrected chi connectivity index (χ3v) is 4.93. The largest absolute Gasteiger partial charge is 0.461 e. The molecule has 4 nitrogen and oxygen atoms in total. The van der Waals surface area contributed by atoms with Crippen molar-refractivity contribution in [2.24, 2.45) is 0 Å². The van der Waals surface area contributed by atoms with Crippen LogP contribution in [0.15, 0.2) is 18.2 Å². The van der Waals surface area contributed by atoms with Crippen LogP contribution in [0.3, 0.4) is 0 Å². The first-order valence-corrected chi connectivity index (χ1v) is 9.31. The molecule has 1 aromatic rings. The number of aryl methyl sites for hydroxylation is 1. The Kier molecular flexibility index (Phi) is 6.67. The van der Waals surface area contributed by atoms with Gasteiger partial charge in [0.25, 0.3) is 0 Å². The predicted octanol–water partition coefficient (Wildman–Crippen LogP) is 3.49. The highest BCUT2D eigenvalue weighted by molar-refractivity contribution is 5.66. The summed E-state index contributed by atoms with van der Waals surface area (Å²) >= 11 is 0. The molecular formula is C20H32N2O2. The van der Waals surface area contributed by atoms with Crippen molar-refractivity contribution >= 4 is 11.7 Å². The van der Waals surface area contributed by atoms with Crippen LogP contribution in [0, 0.1) is 0 Å². The zero-order valence-electron chi connectivity index (χ0n) is 15.8. The fourth-order valence-electron chi connectivity index (χ4n) is 3.86. The van der Waals surface area contributed by atoms with Gasteiger partial charge in [0.15, 0.2) is 0 Å². The van der Waals surface area contributed by atoms with Gasteiger partial charge in [0.2, 0.25) is 0 Å². The van der Waals surface area contributed by atoms with Crippen LogP contribution in [0.2, 0.25) is 0 Å². The molecule has 0 radical (unpaired) electrons. The molecule has 3 atom stereocenters. The number of hydrogen-bond acceptors (Lipinski definition) is 4. The van der Waals surface area contributed by atoms with E-state index in [-0.39, 0.29) is 12.1 Å². The third kappa shape index (κ3) is 4.29. The Morgan fingerprint density at radius 2 is 2.12 bits per heavy atom. The highest BCUT2D eigenvalue weighted by atomic mass is 16.5. The highest BCUT2D eigenvalue weighted by Crippen LogP contribution is 2.39. The number of anilines is 1. The molecule has 0 aromatic heterocycles. The second-order valence-corrected chi connectivity index (χ2v) is 6.63. The van der Waals surface area contributed by atoms with E-state index in [0.717, 1.165) is 32.4 Å². The van der Waals surface area contributed by atoms with Gasteiger partial charge in [0, 0.05) is 51.1 Å². The molecule has 0 aliphatic carbocycles. The maximum atomic E-state index is 11.1. The topological polar surface area (TPSA) is 41.6 Å². The molecule has 2 aliphatic rings. The molecule has 3 rings (SSSR count). The van der Waals surface area contributed by atoms with Gasteiger partial charge in [0.05, 0.1) is 0 Å². The lowest BCUT2D eigenvalue weighted by atomic mass is 9.91. The van der Waals surface area contributed by atoms with Gasteiger partial charge in [-0.25, -0.2) is 0 Å².